The fourth-order valence-electron chi connectivity index (χ4n) is 2.12. The second kappa shape index (κ2) is 6.79. The van der Waals surface area contributed by atoms with Gasteiger partial charge in [-0.3, -0.25) is 0 Å². The van der Waals surface area contributed by atoms with Crippen LogP contribution in [0, 0.1) is 6.92 Å². The lowest BCUT2D eigenvalue weighted by Gasteiger charge is -2.11. The molecule has 110 valence electrons. The van der Waals surface area contributed by atoms with Crippen LogP contribution in [0.5, 0.6) is 11.5 Å². The third-order valence-corrected chi connectivity index (χ3v) is 3.21. The Labute approximate surface area is 124 Å². The number of ether oxygens (including phenoxy) is 1. The molecule has 0 aliphatic carbocycles. The van der Waals surface area contributed by atoms with Crippen molar-refractivity contribution < 1.29 is 9.94 Å². The second-order valence-corrected chi connectivity index (χ2v) is 4.98. The lowest BCUT2D eigenvalue weighted by Crippen LogP contribution is -2.14. The lowest BCUT2D eigenvalue weighted by molar-refractivity contribution is 0.318. The topological polar surface area (TPSA) is 67.8 Å². The molecule has 0 fully saturated rings. The molecule has 4 nitrogen and oxygen atoms in total. The van der Waals surface area contributed by atoms with Crippen molar-refractivity contribution in [3.8, 4) is 11.5 Å². The standard InChI is InChI=1S/C17H20N2O2/c1-3-4-13-6-8-14(9-7-13)21-16-11-12(2)5-10-15(16)17(18)19-20/h5-11,20H,3-4H2,1-2H3,(H2,18,19). The summed E-state index contributed by atoms with van der Waals surface area (Å²) in [7, 11) is 0. The Kier molecular flexibility index (Phi) is 4.82. The van der Waals surface area contributed by atoms with Gasteiger partial charge in [-0.1, -0.05) is 36.7 Å². The van der Waals surface area contributed by atoms with Crippen LogP contribution in [0.15, 0.2) is 47.6 Å². The van der Waals surface area contributed by atoms with E-state index >= 15 is 0 Å². The number of rotatable bonds is 5. The van der Waals surface area contributed by atoms with Crippen LogP contribution in [0.1, 0.15) is 30.0 Å². The largest absolute Gasteiger partial charge is 0.457 e. The summed E-state index contributed by atoms with van der Waals surface area (Å²) in [6.07, 6.45) is 2.17. The molecule has 3 N–H and O–H groups in total. The van der Waals surface area contributed by atoms with Gasteiger partial charge in [0.15, 0.2) is 5.84 Å². The highest BCUT2D eigenvalue weighted by molar-refractivity contribution is 5.99. The number of nitrogens with zero attached hydrogens (tertiary/aromatic N) is 1. The minimum atomic E-state index is 0.0348. The van der Waals surface area contributed by atoms with Gasteiger partial charge in [-0.2, -0.15) is 0 Å². The van der Waals surface area contributed by atoms with E-state index in [1.165, 1.54) is 5.56 Å². The van der Waals surface area contributed by atoms with Crippen molar-refractivity contribution >= 4 is 5.84 Å². The van der Waals surface area contributed by atoms with E-state index in [9.17, 15) is 0 Å². The van der Waals surface area contributed by atoms with Crippen LogP contribution in [0.25, 0.3) is 0 Å². The van der Waals surface area contributed by atoms with E-state index in [-0.39, 0.29) is 5.84 Å². The molecule has 4 heteroatoms. The number of amidine groups is 1. The van der Waals surface area contributed by atoms with Crippen LogP contribution < -0.4 is 10.5 Å². The van der Waals surface area contributed by atoms with Gasteiger partial charge in [-0.05, 0) is 48.7 Å². The van der Waals surface area contributed by atoms with Gasteiger partial charge in [0.1, 0.15) is 11.5 Å². The summed E-state index contributed by atoms with van der Waals surface area (Å²) in [5, 5.41) is 11.9. The number of benzene rings is 2. The first-order valence-electron chi connectivity index (χ1n) is 6.99. The van der Waals surface area contributed by atoms with E-state index in [0.717, 1.165) is 24.2 Å². The normalized spacial score (nSPS) is 11.4. The first kappa shape index (κ1) is 14.9. The molecule has 0 atom stereocenters. The molecule has 0 aliphatic rings. The van der Waals surface area contributed by atoms with Crippen molar-refractivity contribution in [1.29, 1.82) is 0 Å². The fourth-order valence-corrected chi connectivity index (χ4v) is 2.12. The molecule has 0 unspecified atom stereocenters. The highest BCUT2D eigenvalue weighted by Gasteiger charge is 2.09. The summed E-state index contributed by atoms with van der Waals surface area (Å²) < 4.78 is 5.87. The molecule has 2 aromatic rings. The maximum Gasteiger partial charge on any atom is 0.173 e. The number of nitrogens with two attached hydrogens (primary N) is 1. The Morgan fingerprint density at radius 3 is 2.52 bits per heavy atom. The van der Waals surface area contributed by atoms with Gasteiger partial charge in [0.2, 0.25) is 0 Å². The molecule has 0 saturated heterocycles. The molecule has 0 saturated carbocycles. The molecule has 0 bridgehead atoms. The van der Waals surface area contributed by atoms with Crippen molar-refractivity contribution in [2.75, 3.05) is 0 Å². The number of hydrogen-bond acceptors (Lipinski definition) is 3. The Balaban J connectivity index is 2.28. The van der Waals surface area contributed by atoms with Gasteiger partial charge in [0.05, 0.1) is 5.56 Å². The van der Waals surface area contributed by atoms with E-state index in [1.54, 1.807) is 6.07 Å². The zero-order valence-electron chi connectivity index (χ0n) is 12.3. The smallest absolute Gasteiger partial charge is 0.173 e. The molecular formula is C17H20N2O2. The van der Waals surface area contributed by atoms with Crippen molar-refractivity contribution in [2.24, 2.45) is 10.9 Å². The van der Waals surface area contributed by atoms with Crippen LogP contribution >= 0.6 is 0 Å². The fraction of sp³-hybridized carbons (Fsp3) is 0.235. The second-order valence-electron chi connectivity index (χ2n) is 4.98. The van der Waals surface area contributed by atoms with Crippen molar-refractivity contribution in [3.63, 3.8) is 0 Å². The molecule has 2 aromatic carbocycles. The minimum absolute atomic E-state index is 0.0348. The summed E-state index contributed by atoms with van der Waals surface area (Å²) in [5.41, 5.74) is 8.58. The molecule has 0 heterocycles. The average molecular weight is 284 g/mol. The van der Waals surface area contributed by atoms with Crippen LogP contribution in [0.2, 0.25) is 0 Å². The number of oxime groups is 1. The van der Waals surface area contributed by atoms with Crippen molar-refractivity contribution in [1.82, 2.24) is 0 Å². The SMILES string of the molecule is CCCc1ccc(Oc2cc(C)ccc2C(N)=NO)cc1. The molecule has 2 rings (SSSR count). The molecule has 0 aromatic heterocycles. The van der Waals surface area contributed by atoms with Crippen LogP contribution in [-0.2, 0) is 6.42 Å². The Morgan fingerprint density at radius 2 is 1.90 bits per heavy atom. The predicted octanol–water partition coefficient (Wildman–Crippen LogP) is 3.83. The zero-order chi connectivity index (χ0) is 15.2. The maximum atomic E-state index is 8.85. The van der Waals surface area contributed by atoms with Crippen LogP contribution in [0.4, 0.5) is 0 Å². The Hall–Kier alpha value is -2.49. The summed E-state index contributed by atoms with van der Waals surface area (Å²) in [4.78, 5) is 0. The summed E-state index contributed by atoms with van der Waals surface area (Å²) in [5.74, 6) is 1.34. The quantitative estimate of drug-likeness (QED) is 0.379. The maximum absolute atomic E-state index is 8.85. The zero-order valence-corrected chi connectivity index (χ0v) is 12.3. The van der Waals surface area contributed by atoms with E-state index in [0.29, 0.717) is 11.3 Å². The van der Waals surface area contributed by atoms with Gasteiger partial charge >= 0.3 is 0 Å². The predicted molar refractivity (Wildman–Crippen MR) is 84.2 cm³/mol. The highest BCUT2D eigenvalue weighted by Crippen LogP contribution is 2.27. The summed E-state index contributed by atoms with van der Waals surface area (Å²) in [6.45, 7) is 4.12. The molecule has 21 heavy (non-hydrogen) atoms. The van der Waals surface area contributed by atoms with E-state index in [4.69, 9.17) is 15.7 Å². The number of hydrogen-bond donors (Lipinski definition) is 2. The molecular weight excluding hydrogens is 264 g/mol. The summed E-state index contributed by atoms with van der Waals surface area (Å²) >= 11 is 0. The first-order chi connectivity index (χ1) is 10.1. The first-order valence-corrected chi connectivity index (χ1v) is 6.99. The third-order valence-electron chi connectivity index (χ3n) is 3.21. The van der Waals surface area contributed by atoms with Crippen LogP contribution in [0.3, 0.4) is 0 Å². The van der Waals surface area contributed by atoms with E-state index in [2.05, 4.69) is 24.2 Å². The minimum Gasteiger partial charge on any atom is -0.457 e. The molecule has 0 amide bonds. The average Bonchev–Trinajstić information content (AvgIpc) is 2.49. The molecule has 0 aliphatic heterocycles. The molecule has 0 spiro atoms. The van der Waals surface area contributed by atoms with Gasteiger partial charge in [0.25, 0.3) is 0 Å². The Morgan fingerprint density at radius 1 is 1.19 bits per heavy atom. The van der Waals surface area contributed by atoms with Crippen LogP contribution in [-0.4, -0.2) is 11.0 Å². The van der Waals surface area contributed by atoms with Gasteiger partial charge in [0, 0.05) is 0 Å². The monoisotopic (exact) mass is 284 g/mol. The van der Waals surface area contributed by atoms with Gasteiger partial charge in [-0.25, -0.2) is 0 Å². The summed E-state index contributed by atoms with van der Waals surface area (Å²) in [6, 6.07) is 13.5. The highest BCUT2D eigenvalue weighted by atomic mass is 16.5. The van der Waals surface area contributed by atoms with Crippen molar-refractivity contribution in [2.45, 2.75) is 26.7 Å². The van der Waals surface area contributed by atoms with Gasteiger partial charge < -0.3 is 15.7 Å². The van der Waals surface area contributed by atoms with Crippen molar-refractivity contribution in [3.05, 3.63) is 59.2 Å². The van der Waals surface area contributed by atoms with E-state index in [1.807, 2.05) is 31.2 Å². The van der Waals surface area contributed by atoms with Gasteiger partial charge in [-0.15, -0.1) is 0 Å². The van der Waals surface area contributed by atoms with E-state index < -0.39 is 0 Å². The Bertz CT molecular complexity index is 634. The lowest BCUT2D eigenvalue weighted by atomic mass is 10.1. The third kappa shape index (κ3) is 3.75. The number of aryl methyl sites for hydroxylation is 2. The molecule has 0 radical (unpaired) electrons.